The van der Waals surface area contributed by atoms with E-state index in [-0.39, 0.29) is 11.4 Å². The van der Waals surface area contributed by atoms with E-state index in [1.165, 1.54) is 4.88 Å². The number of para-hydroxylation sites is 1. The van der Waals surface area contributed by atoms with Crippen LogP contribution in [-0.2, 0) is 16.0 Å². The molecule has 2 aromatic rings. The van der Waals surface area contributed by atoms with E-state index in [4.69, 9.17) is 4.74 Å². The highest BCUT2D eigenvalue weighted by atomic mass is 32.1. The first-order valence-corrected chi connectivity index (χ1v) is 10.1. The molecule has 1 heterocycles. The largest absolute Gasteiger partial charge is 0.382 e. The summed E-state index contributed by atoms with van der Waals surface area (Å²) in [5, 5.41) is 5.62. The number of ether oxygens (including phenoxy) is 1. The topological polar surface area (TPSA) is 41.6 Å². The van der Waals surface area contributed by atoms with Gasteiger partial charge in [0.05, 0.1) is 12.1 Å². The van der Waals surface area contributed by atoms with Gasteiger partial charge in [0, 0.05) is 24.1 Å². The number of hydrogen-bond donors (Lipinski definition) is 1. The average Bonchev–Trinajstić information content (AvgIpc) is 3.16. The van der Waals surface area contributed by atoms with Crippen molar-refractivity contribution in [2.24, 2.45) is 0 Å². The SMILES string of the molecule is CCC(=O)N(c1ccccc1)C(C)(CCNCCc1cccs1)COC. The smallest absolute Gasteiger partial charge is 0.227 e. The Morgan fingerprint density at radius 2 is 1.96 bits per heavy atom. The summed E-state index contributed by atoms with van der Waals surface area (Å²) in [7, 11) is 1.70. The van der Waals surface area contributed by atoms with Gasteiger partial charge in [-0.1, -0.05) is 31.2 Å². The van der Waals surface area contributed by atoms with Crippen LogP contribution >= 0.6 is 11.3 Å². The molecule has 26 heavy (non-hydrogen) atoms. The second-order valence-corrected chi connectivity index (χ2v) is 7.71. The molecule has 0 saturated carbocycles. The molecule has 1 unspecified atom stereocenters. The van der Waals surface area contributed by atoms with Gasteiger partial charge >= 0.3 is 0 Å². The van der Waals surface area contributed by atoms with Crippen LogP contribution in [0.4, 0.5) is 5.69 Å². The second kappa shape index (κ2) is 10.5. The molecule has 2 rings (SSSR count). The number of amides is 1. The normalized spacial score (nSPS) is 13.3. The maximum absolute atomic E-state index is 12.7. The molecule has 142 valence electrons. The van der Waals surface area contributed by atoms with Crippen molar-refractivity contribution in [3.63, 3.8) is 0 Å². The Hall–Kier alpha value is -1.69. The number of carbonyl (C=O) groups excluding carboxylic acids is 1. The van der Waals surface area contributed by atoms with Gasteiger partial charge in [-0.15, -0.1) is 11.3 Å². The molecule has 0 spiro atoms. The summed E-state index contributed by atoms with van der Waals surface area (Å²) in [4.78, 5) is 16.0. The monoisotopic (exact) mass is 374 g/mol. The van der Waals surface area contributed by atoms with E-state index in [1.807, 2.05) is 42.2 Å². The summed E-state index contributed by atoms with van der Waals surface area (Å²) >= 11 is 1.79. The van der Waals surface area contributed by atoms with Gasteiger partial charge in [-0.25, -0.2) is 0 Å². The molecule has 1 amide bonds. The molecule has 0 aliphatic carbocycles. The maximum Gasteiger partial charge on any atom is 0.227 e. The number of rotatable bonds is 11. The van der Waals surface area contributed by atoms with E-state index < -0.39 is 0 Å². The Labute approximate surface area is 161 Å². The third kappa shape index (κ3) is 5.66. The van der Waals surface area contributed by atoms with Crippen LogP contribution in [0.5, 0.6) is 0 Å². The molecule has 5 heteroatoms. The predicted octanol–water partition coefficient (Wildman–Crippen LogP) is 4.12. The van der Waals surface area contributed by atoms with Crippen LogP contribution in [0.2, 0.25) is 0 Å². The summed E-state index contributed by atoms with van der Waals surface area (Å²) in [6.07, 6.45) is 2.33. The highest BCUT2D eigenvalue weighted by Crippen LogP contribution is 2.28. The van der Waals surface area contributed by atoms with Crippen LogP contribution in [0.3, 0.4) is 0 Å². The number of benzene rings is 1. The molecular weight excluding hydrogens is 344 g/mol. The van der Waals surface area contributed by atoms with Crippen LogP contribution in [0.15, 0.2) is 47.8 Å². The quantitative estimate of drug-likeness (QED) is 0.602. The van der Waals surface area contributed by atoms with Crippen LogP contribution < -0.4 is 10.2 Å². The van der Waals surface area contributed by atoms with E-state index in [0.717, 1.165) is 31.6 Å². The first-order valence-electron chi connectivity index (χ1n) is 9.21. The van der Waals surface area contributed by atoms with Gasteiger partial charge in [-0.3, -0.25) is 4.79 Å². The Kier molecular flexibility index (Phi) is 8.29. The van der Waals surface area contributed by atoms with E-state index in [1.54, 1.807) is 18.4 Å². The molecule has 0 aliphatic rings. The van der Waals surface area contributed by atoms with Crippen molar-refractivity contribution >= 4 is 22.9 Å². The first kappa shape index (κ1) is 20.6. The Morgan fingerprint density at radius 1 is 1.19 bits per heavy atom. The summed E-state index contributed by atoms with van der Waals surface area (Å²) < 4.78 is 5.50. The highest BCUT2D eigenvalue weighted by Gasteiger charge is 2.35. The molecule has 0 fully saturated rings. The fraction of sp³-hybridized carbons (Fsp3) is 0.476. The zero-order valence-corrected chi connectivity index (χ0v) is 16.8. The van der Waals surface area contributed by atoms with Crippen molar-refractivity contribution in [1.82, 2.24) is 5.32 Å². The minimum absolute atomic E-state index is 0.120. The van der Waals surface area contributed by atoms with Gasteiger partial charge in [-0.05, 0) is 56.4 Å². The lowest BCUT2D eigenvalue weighted by atomic mass is 9.94. The molecule has 4 nitrogen and oxygen atoms in total. The molecule has 1 N–H and O–H groups in total. The number of carbonyl (C=O) groups is 1. The lowest BCUT2D eigenvalue weighted by Gasteiger charge is -2.41. The van der Waals surface area contributed by atoms with Gasteiger partial charge in [0.15, 0.2) is 0 Å². The number of nitrogens with zero attached hydrogens (tertiary/aromatic N) is 1. The van der Waals surface area contributed by atoms with Crippen molar-refractivity contribution in [3.05, 3.63) is 52.7 Å². The molecule has 0 saturated heterocycles. The van der Waals surface area contributed by atoms with Crippen molar-refractivity contribution in [2.45, 2.75) is 38.6 Å². The van der Waals surface area contributed by atoms with Crippen molar-refractivity contribution in [3.8, 4) is 0 Å². The van der Waals surface area contributed by atoms with E-state index >= 15 is 0 Å². The fourth-order valence-corrected chi connectivity index (χ4v) is 3.91. The number of anilines is 1. The zero-order valence-electron chi connectivity index (χ0n) is 16.0. The Balaban J connectivity index is 2.02. The average molecular weight is 375 g/mol. The summed E-state index contributed by atoms with van der Waals surface area (Å²) in [5.41, 5.74) is 0.538. The molecular formula is C21H30N2O2S. The van der Waals surface area contributed by atoms with E-state index in [2.05, 4.69) is 29.8 Å². The fourth-order valence-electron chi connectivity index (χ4n) is 3.20. The molecule has 1 aromatic heterocycles. The van der Waals surface area contributed by atoms with Gasteiger partial charge in [0.1, 0.15) is 0 Å². The summed E-state index contributed by atoms with van der Waals surface area (Å²) in [6, 6.07) is 14.1. The third-order valence-electron chi connectivity index (χ3n) is 4.53. The van der Waals surface area contributed by atoms with Gasteiger partial charge in [-0.2, -0.15) is 0 Å². The summed E-state index contributed by atoms with van der Waals surface area (Å²) in [5.74, 6) is 0.120. The molecule has 0 bridgehead atoms. The van der Waals surface area contributed by atoms with Crippen molar-refractivity contribution in [1.29, 1.82) is 0 Å². The molecule has 0 radical (unpaired) electrons. The van der Waals surface area contributed by atoms with Gasteiger partial charge < -0.3 is 15.0 Å². The number of nitrogens with one attached hydrogen (secondary N) is 1. The Bertz CT molecular complexity index is 645. The van der Waals surface area contributed by atoms with E-state index in [0.29, 0.717) is 13.0 Å². The van der Waals surface area contributed by atoms with Crippen LogP contribution in [0.1, 0.15) is 31.6 Å². The molecule has 1 aromatic carbocycles. The maximum atomic E-state index is 12.7. The molecule has 0 aliphatic heterocycles. The lowest BCUT2D eigenvalue weighted by molar-refractivity contribution is -0.120. The predicted molar refractivity (Wildman–Crippen MR) is 110 cm³/mol. The molecule has 1 atom stereocenters. The standard InChI is InChI=1S/C21H30N2O2S/c1-4-20(24)23(18-9-6-5-7-10-18)21(2,17-25-3)13-15-22-14-12-19-11-8-16-26-19/h5-11,16,22H,4,12-15,17H2,1-3H3. The highest BCUT2D eigenvalue weighted by molar-refractivity contribution is 7.09. The van der Waals surface area contributed by atoms with Crippen molar-refractivity contribution in [2.75, 3.05) is 31.7 Å². The van der Waals surface area contributed by atoms with E-state index in [9.17, 15) is 4.79 Å². The first-order chi connectivity index (χ1) is 12.6. The Morgan fingerprint density at radius 3 is 2.58 bits per heavy atom. The van der Waals surface area contributed by atoms with Crippen LogP contribution in [-0.4, -0.2) is 38.3 Å². The minimum atomic E-state index is -0.390. The number of methoxy groups -OCH3 is 1. The minimum Gasteiger partial charge on any atom is -0.382 e. The number of thiophene rings is 1. The third-order valence-corrected chi connectivity index (χ3v) is 5.47. The van der Waals surface area contributed by atoms with Gasteiger partial charge in [0.25, 0.3) is 0 Å². The second-order valence-electron chi connectivity index (χ2n) is 6.68. The van der Waals surface area contributed by atoms with Gasteiger partial charge in [0.2, 0.25) is 5.91 Å². The summed E-state index contributed by atoms with van der Waals surface area (Å²) in [6.45, 7) is 6.30. The lowest BCUT2D eigenvalue weighted by Crippen LogP contribution is -2.54. The van der Waals surface area contributed by atoms with Crippen molar-refractivity contribution < 1.29 is 9.53 Å². The zero-order chi connectivity index (χ0) is 18.8. The van der Waals surface area contributed by atoms with Crippen LogP contribution in [0.25, 0.3) is 0 Å². The number of hydrogen-bond acceptors (Lipinski definition) is 4. The van der Waals surface area contributed by atoms with Crippen LogP contribution in [0, 0.1) is 0 Å².